The lowest BCUT2D eigenvalue weighted by molar-refractivity contribution is 0.102. The van der Waals surface area contributed by atoms with Gasteiger partial charge in [0.2, 0.25) is 0 Å². The van der Waals surface area contributed by atoms with Crippen molar-refractivity contribution >= 4 is 17.3 Å². The molecule has 0 spiro atoms. The minimum absolute atomic E-state index is 0.0316. The molecule has 3 nitrogen and oxygen atoms in total. The number of benzene rings is 2. The zero-order chi connectivity index (χ0) is 19.9. The summed E-state index contributed by atoms with van der Waals surface area (Å²) >= 11 is 0. The van der Waals surface area contributed by atoms with Gasteiger partial charge >= 0.3 is 0 Å². The number of nitrogens with zero attached hydrogens (tertiary/aromatic N) is 1. The van der Waals surface area contributed by atoms with E-state index in [1.54, 1.807) is 0 Å². The molecule has 28 heavy (non-hydrogen) atoms. The SMILES string of the molecule is CC1(C)CCC(C)(C)c2cc(C(=O)Nc3ccc(N4CCCC4)cc3)ccc21. The molecular formula is C25H32N2O. The molecular weight excluding hydrogens is 344 g/mol. The van der Waals surface area contributed by atoms with Crippen molar-refractivity contribution in [3.8, 4) is 0 Å². The molecule has 0 atom stereocenters. The molecule has 2 aromatic rings. The van der Waals surface area contributed by atoms with Gasteiger partial charge in [0.1, 0.15) is 0 Å². The number of hydrogen-bond donors (Lipinski definition) is 1. The van der Waals surface area contributed by atoms with E-state index in [-0.39, 0.29) is 16.7 Å². The van der Waals surface area contributed by atoms with E-state index < -0.39 is 0 Å². The first-order chi connectivity index (χ1) is 13.3. The minimum Gasteiger partial charge on any atom is -0.372 e. The highest BCUT2D eigenvalue weighted by Gasteiger charge is 2.37. The van der Waals surface area contributed by atoms with Crippen LogP contribution >= 0.6 is 0 Å². The van der Waals surface area contributed by atoms with E-state index in [4.69, 9.17) is 0 Å². The van der Waals surface area contributed by atoms with Gasteiger partial charge in [0.15, 0.2) is 0 Å². The molecule has 0 bridgehead atoms. The molecule has 1 N–H and O–H groups in total. The molecule has 4 rings (SSSR count). The van der Waals surface area contributed by atoms with Gasteiger partial charge < -0.3 is 10.2 Å². The van der Waals surface area contributed by atoms with Crippen LogP contribution in [0.1, 0.15) is 74.9 Å². The topological polar surface area (TPSA) is 32.3 Å². The summed E-state index contributed by atoms with van der Waals surface area (Å²) in [5.41, 5.74) is 5.83. The average molecular weight is 377 g/mol. The predicted molar refractivity (Wildman–Crippen MR) is 118 cm³/mol. The van der Waals surface area contributed by atoms with Crippen molar-refractivity contribution in [3.63, 3.8) is 0 Å². The van der Waals surface area contributed by atoms with Crippen molar-refractivity contribution in [1.29, 1.82) is 0 Å². The lowest BCUT2D eigenvalue weighted by atomic mass is 9.63. The van der Waals surface area contributed by atoms with Crippen LogP contribution in [-0.4, -0.2) is 19.0 Å². The zero-order valence-corrected chi connectivity index (χ0v) is 17.6. The Morgan fingerprint density at radius 1 is 0.857 bits per heavy atom. The van der Waals surface area contributed by atoms with Gasteiger partial charge in [0, 0.05) is 30.0 Å². The minimum atomic E-state index is -0.0316. The quantitative estimate of drug-likeness (QED) is 0.724. The summed E-state index contributed by atoms with van der Waals surface area (Å²) in [6.07, 6.45) is 4.87. The van der Waals surface area contributed by atoms with Crippen LogP contribution in [-0.2, 0) is 10.8 Å². The highest BCUT2D eigenvalue weighted by molar-refractivity contribution is 6.04. The Morgan fingerprint density at radius 3 is 2.11 bits per heavy atom. The largest absolute Gasteiger partial charge is 0.372 e. The summed E-state index contributed by atoms with van der Waals surface area (Å²) in [7, 11) is 0. The second-order valence-corrected chi connectivity index (χ2v) is 9.72. The van der Waals surface area contributed by atoms with Crippen LogP contribution < -0.4 is 10.2 Å². The van der Waals surface area contributed by atoms with E-state index in [1.807, 2.05) is 18.2 Å². The third-order valence-electron chi connectivity index (χ3n) is 6.71. The Kier molecular flexibility index (Phi) is 4.73. The third kappa shape index (κ3) is 3.55. The van der Waals surface area contributed by atoms with Gasteiger partial charge in [-0.05, 0) is 84.0 Å². The molecule has 1 amide bonds. The molecule has 148 valence electrons. The van der Waals surface area contributed by atoms with Crippen molar-refractivity contribution < 1.29 is 4.79 Å². The van der Waals surface area contributed by atoms with Gasteiger partial charge in [-0.3, -0.25) is 4.79 Å². The van der Waals surface area contributed by atoms with Gasteiger partial charge in [0.25, 0.3) is 5.91 Å². The maximum absolute atomic E-state index is 12.9. The fraction of sp³-hybridized carbons (Fsp3) is 0.480. The molecule has 0 aromatic heterocycles. The summed E-state index contributed by atoms with van der Waals surface area (Å²) in [5.74, 6) is -0.0316. The van der Waals surface area contributed by atoms with Crippen molar-refractivity contribution in [3.05, 3.63) is 59.2 Å². The summed E-state index contributed by atoms with van der Waals surface area (Å²) < 4.78 is 0. The Morgan fingerprint density at radius 2 is 1.46 bits per heavy atom. The Hall–Kier alpha value is -2.29. The van der Waals surface area contributed by atoms with Crippen LogP contribution in [0.5, 0.6) is 0 Å². The molecule has 1 aliphatic heterocycles. The molecule has 1 saturated heterocycles. The number of amides is 1. The molecule has 2 aliphatic rings. The summed E-state index contributed by atoms with van der Waals surface area (Å²) in [5, 5.41) is 3.07. The summed E-state index contributed by atoms with van der Waals surface area (Å²) in [4.78, 5) is 15.3. The first kappa shape index (κ1) is 19.0. The van der Waals surface area contributed by atoms with Crippen molar-refractivity contribution in [1.82, 2.24) is 0 Å². The number of fused-ring (bicyclic) bond motifs is 1. The van der Waals surface area contributed by atoms with E-state index in [2.05, 4.69) is 62.2 Å². The van der Waals surface area contributed by atoms with E-state index in [9.17, 15) is 4.79 Å². The lowest BCUT2D eigenvalue weighted by Crippen LogP contribution is -2.34. The third-order valence-corrected chi connectivity index (χ3v) is 6.71. The van der Waals surface area contributed by atoms with Gasteiger partial charge in [0.05, 0.1) is 0 Å². The van der Waals surface area contributed by atoms with E-state index >= 15 is 0 Å². The first-order valence-corrected chi connectivity index (χ1v) is 10.6. The lowest BCUT2D eigenvalue weighted by Gasteiger charge is -2.42. The fourth-order valence-electron chi connectivity index (χ4n) is 4.66. The van der Waals surface area contributed by atoms with Crippen LogP contribution in [0.25, 0.3) is 0 Å². The smallest absolute Gasteiger partial charge is 0.255 e. The van der Waals surface area contributed by atoms with Gasteiger partial charge in [-0.2, -0.15) is 0 Å². The van der Waals surface area contributed by atoms with Crippen LogP contribution in [0.4, 0.5) is 11.4 Å². The number of carbonyl (C=O) groups is 1. The highest BCUT2D eigenvalue weighted by atomic mass is 16.1. The molecule has 1 heterocycles. The number of nitrogens with one attached hydrogen (secondary N) is 1. The van der Waals surface area contributed by atoms with Crippen molar-refractivity contribution in [2.45, 2.75) is 64.2 Å². The number of carbonyl (C=O) groups excluding carboxylic acids is 1. The van der Waals surface area contributed by atoms with Crippen molar-refractivity contribution in [2.75, 3.05) is 23.3 Å². The monoisotopic (exact) mass is 376 g/mol. The van der Waals surface area contributed by atoms with Gasteiger partial charge in [-0.1, -0.05) is 33.8 Å². The second-order valence-electron chi connectivity index (χ2n) is 9.72. The van der Waals surface area contributed by atoms with Crippen LogP contribution in [0.3, 0.4) is 0 Å². The number of hydrogen-bond acceptors (Lipinski definition) is 2. The molecule has 3 heteroatoms. The van der Waals surface area contributed by atoms with E-state index in [0.29, 0.717) is 0 Å². The zero-order valence-electron chi connectivity index (χ0n) is 17.6. The maximum Gasteiger partial charge on any atom is 0.255 e. The van der Waals surface area contributed by atoms with E-state index in [1.165, 1.54) is 36.1 Å². The molecule has 0 radical (unpaired) electrons. The normalized spacial score (nSPS) is 19.9. The molecule has 1 fully saturated rings. The molecule has 1 aliphatic carbocycles. The van der Waals surface area contributed by atoms with Crippen LogP contribution in [0, 0.1) is 0 Å². The Bertz CT molecular complexity index is 874. The number of rotatable bonds is 3. The van der Waals surface area contributed by atoms with Gasteiger partial charge in [-0.15, -0.1) is 0 Å². The standard InChI is InChI=1S/C25H32N2O/c1-24(2)13-14-25(3,4)22-17-18(7-12-21(22)24)23(28)26-19-8-10-20(11-9-19)27-15-5-6-16-27/h7-12,17H,5-6,13-16H2,1-4H3,(H,26,28). The van der Waals surface area contributed by atoms with Gasteiger partial charge in [-0.25, -0.2) is 0 Å². The predicted octanol–water partition coefficient (Wildman–Crippen LogP) is 5.89. The fourth-order valence-corrected chi connectivity index (χ4v) is 4.66. The summed E-state index contributed by atoms with van der Waals surface area (Å²) in [6, 6.07) is 14.5. The van der Waals surface area contributed by atoms with Crippen LogP contribution in [0.2, 0.25) is 0 Å². The highest BCUT2D eigenvalue weighted by Crippen LogP contribution is 2.45. The maximum atomic E-state index is 12.9. The summed E-state index contributed by atoms with van der Waals surface area (Å²) in [6.45, 7) is 11.5. The Labute approximate surface area is 169 Å². The molecule has 0 saturated carbocycles. The molecule has 0 unspecified atom stereocenters. The Balaban J connectivity index is 1.54. The second kappa shape index (κ2) is 6.95. The van der Waals surface area contributed by atoms with Crippen LogP contribution in [0.15, 0.2) is 42.5 Å². The van der Waals surface area contributed by atoms with E-state index in [0.717, 1.165) is 30.8 Å². The first-order valence-electron chi connectivity index (χ1n) is 10.6. The molecule has 2 aromatic carbocycles. The van der Waals surface area contributed by atoms with Crippen molar-refractivity contribution in [2.24, 2.45) is 0 Å². The average Bonchev–Trinajstić information content (AvgIpc) is 3.21. The number of anilines is 2.